The van der Waals surface area contributed by atoms with Gasteiger partial charge in [0.15, 0.2) is 0 Å². The molecular weight excluding hydrogens is 488 g/mol. The summed E-state index contributed by atoms with van der Waals surface area (Å²) in [6.45, 7) is 0.818. The molecular formula is C20H13F10N3O. The van der Waals surface area contributed by atoms with Crippen LogP contribution in [0.15, 0.2) is 41.2 Å². The second-order valence-electron chi connectivity index (χ2n) is 7.40. The summed E-state index contributed by atoms with van der Waals surface area (Å²) < 4.78 is 134. The van der Waals surface area contributed by atoms with Gasteiger partial charge in [-0.05, 0) is 36.2 Å². The average Bonchev–Trinajstić information content (AvgIpc) is 2.69. The Bertz CT molecular complexity index is 1290. The van der Waals surface area contributed by atoms with Crippen LogP contribution >= 0.6 is 0 Å². The highest BCUT2D eigenvalue weighted by Crippen LogP contribution is 2.53. The quantitative estimate of drug-likeness (QED) is 0.373. The molecule has 2 aromatic carbocycles. The van der Waals surface area contributed by atoms with Gasteiger partial charge in [-0.3, -0.25) is 4.79 Å². The molecule has 0 radical (unpaired) electrons. The lowest BCUT2D eigenvalue weighted by Gasteiger charge is -2.30. The van der Waals surface area contributed by atoms with E-state index in [0.717, 1.165) is 0 Å². The molecule has 34 heavy (non-hydrogen) atoms. The minimum Gasteiger partial charge on any atom is -0.399 e. The summed E-state index contributed by atoms with van der Waals surface area (Å²) in [6, 6.07) is 4.40. The summed E-state index contributed by atoms with van der Waals surface area (Å²) in [4.78, 5) is 15.6. The maximum atomic E-state index is 14.5. The molecule has 0 aliphatic rings. The van der Waals surface area contributed by atoms with E-state index in [0.29, 0.717) is 11.6 Å². The molecule has 14 heteroatoms. The molecule has 0 spiro atoms. The second-order valence-corrected chi connectivity index (χ2v) is 7.40. The fourth-order valence-electron chi connectivity index (χ4n) is 3.30. The van der Waals surface area contributed by atoms with Crippen molar-refractivity contribution in [1.82, 2.24) is 9.55 Å². The van der Waals surface area contributed by atoms with E-state index in [1.807, 2.05) is 0 Å². The van der Waals surface area contributed by atoms with E-state index in [9.17, 15) is 48.7 Å². The van der Waals surface area contributed by atoms with Crippen molar-refractivity contribution in [2.24, 2.45) is 0 Å². The van der Waals surface area contributed by atoms with Gasteiger partial charge in [0.1, 0.15) is 0 Å². The fourth-order valence-corrected chi connectivity index (χ4v) is 3.30. The standard InChI is InChI=1S/C20H13F10N3O/c1-9-6-10(2-4-12(9)31)8-33-14-7-11(17(21,19(25,26)27)20(28,29)30)3-5-13(14)32-15(16(33)34)18(22,23)24/h2-7H,8,31H2,1H3. The summed E-state index contributed by atoms with van der Waals surface area (Å²) in [5, 5.41) is 0. The minimum atomic E-state index is -6.46. The molecule has 4 nitrogen and oxygen atoms in total. The highest BCUT2D eigenvalue weighted by molar-refractivity contribution is 5.76. The number of hydrogen-bond donors (Lipinski definition) is 1. The van der Waals surface area contributed by atoms with Crippen molar-refractivity contribution < 1.29 is 43.9 Å². The fraction of sp³-hybridized carbons (Fsp3) is 0.300. The van der Waals surface area contributed by atoms with Crippen molar-refractivity contribution >= 4 is 16.7 Å². The third-order valence-electron chi connectivity index (χ3n) is 5.07. The van der Waals surface area contributed by atoms with Crippen molar-refractivity contribution in [2.45, 2.75) is 37.7 Å². The molecule has 0 aliphatic carbocycles. The SMILES string of the molecule is Cc1cc(Cn2c(=O)c(C(F)(F)F)nc3ccc(C(F)(C(F)(F)F)C(F)(F)F)cc32)ccc1N. The predicted octanol–water partition coefficient (Wildman–Crippen LogP) is 5.64. The molecule has 0 saturated heterocycles. The molecule has 0 bridgehead atoms. The van der Waals surface area contributed by atoms with Gasteiger partial charge in [-0.1, -0.05) is 18.2 Å². The highest BCUT2D eigenvalue weighted by Gasteiger charge is 2.73. The lowest BCUT2D eigenvalue weighted by atomic mass is 9.93. The van der Waals surface area contributed by atoms with Crippen molar-refractivity contribution in [2.75, 3.05) is 5.73 Å². The Kier molecular flexibility index (Phi) is 5.86. The lowest BCUT2D eigenvalue weighted by molar-refractivity contribution is -0.348. The summed E-state index contributed by atoms with van der Waals surface area (Å²) in [6.07, 6.45) is -18.2. The summed E-state index contributed by atoms with van der Waals surface area (Å²) in [5.74, 6) is 0. The van der Waals surface area contributed by atoms with Crippen LogP contribution in [0.25, 0.3) is 11.0 Å². The zero-order chi connectivity index (χ0) is 25.9. The van der Waals surface area contributed by atoms with Crippen LogP contribution in [0.3, 0.4) is 0 Å². The van der Waals surface area contributed by atoms with E-state index in [1.165, 1.54) is 25.1 Å². The van der Waals surface area contributed by atoms with Gasteiger partial charge in [0.2, 0.25) is 5.69 Å². The van der Waals surface area contributed by atoms with Gasteiger partial charge in [0.25, 0.3) is 5.56 Å². The minimum absolute atomic E-state index is 0.0228. The Balaban J connectivity index is 2.38. The van der Waals surface area contributed by atoms with Crippen molar-refractivity contribution in [3.63, 3.8) is 0 Å². The Labute approximate surface area is 183 Å². The smallest absolute Gasteiger partial charge is 0.399 e. The second kappa shape index (κ2) is 7.87. The van der Waals surface area contributed by atoms with Crippen molar-refractivity contribution in [3.05, 3.63) is 69.1 Å². The van der Waals surface area contributed by atoms with Crippen molar-refractivity contribution in [1.29, 1.82) is 0 Å². The third-order valence-corrected chi connectivity index (χ3v) is 5.07. The summed E-state index contributed by atoms with van der Waals surface area (Å²) in [5.41, 5.74) is -6.71. The first-order valence-electron chi connectivity index (χ1n) is 9.17. The summed E-state index contributed by atoms with van der Waals surface area (Å²) >= 11 is 0. The van der Waals surface area contributed by atoms with Gasteiger partial charge >= 0.3 is 24.2 Å². The lowest BCUT2D eigenvalue weighted by Crippen LogP contribution is -2.50. The molecule has 0 aliphatic heterocycles. The Morgan fingerprint density at radius 2 is 1.47 bits per heavy atom. The van der Waals surface area contributed by atoms with Crippen LogP contribution < -0.4 is 11.3 Å². The molecule has 0 amide bonds. The van der Waals surface area contributed by atoms with Gasteiger partial charge in [-0.2, -0.15) is 39.5 Å². The molecule has 0 fully saturated rings. The first-order valence-corrected chi connectivity index (χ1v) is 9.17. The van der Waals surface area contributed by atoms with Crippen LogP contribution in [0.4, 0.5) is 49.6 Å². The van der Waals surface area contributed by atoms with Gasteiger partial charge in [-0.25, -0.2) is 9.37 Å². The number of fused-ring (bicyclic) bond motifs is 1. The topological polar surface area (TPSA) is 60.9 Å². The Morgan fingerprint density at radius 1 is 0.882 bits per heavy atom. The Hall–Kier alpha value is -3.32. The largest absolute Gasteiger partial charge is 0.438 e. The van der Waals surface area contributed by atoms with E-state index in [-0.39, 0.29) is 28.0 Å². The van der Waals surface area contributed by atoms with Gasteiger partial charge in [0, 0.05) is 11.3 Å². The van der Waals surface area contributed by atoms with E-state index in [4.69, 9.17) is 5.73 Å². The van der Waals surface area contributed by atoms with Crippen LogP contribution in [0.5, 0.6) is 0 Å². The van der Waals surface area contributed by atoms with Crippen LogP contribution in [-0.4, -0.2) is 21.9 Å². The maximum Gasteiger partial charge on any atom is 0.438 e. The van der Waals surface area contributed by atoms with E-state index >= 15 is 0 Å². The average molecular weight is 501 g/mol. The molecule has 184 valence electrons. The van der Waals surface area contributed by atoms with Gasteiger partial charge in [-0.15, -0.1) is 0 Å². The van der Waals surface area contributed by atoms with Crippen LogP contribution in [0.2, 0.25) is 0 Å². The zero-order valence-corrected chi connectivity index (χ0v) is 16.8. The number of rotatable bonds is 3. The normalized spacial score (nSPS) is 13.5. The van der Waals surface area contributed by atoms with E-state index < -0.39 is 58.6 Å². The highest BCUT2D eigenvalue weighted by atomic mass is 19.4. The van der Waals surface area contributed by atoms with E-state index in [2.05, 4.69) is 4.98 Å². The number of hydrogen-bond acceptors (Lipinski definition) is 3. The number of alkyl halides is 10. The number of nitrogen functional groups attached to an aromatic ring is 1. The first-order chi connectivity index (χ1) is 15.4. The third kappa shape index (κ3) is 4.16. The number of benzene rings is 2. The number of aryl methyl sites for hydroxylation is 1. The molecule has 0 saturated carbocycles. The molecule has 2 N–H and O–H groups in total. The Morgan fingerprint density at radius 3 is 1.97 bits per heavy atom. The monoisotopic (exact) mass is 501 g/mol. The number of anilines is 1. The molecule has 0 unspecified atom stereocenters. The van der Waals surface area contributed by atoms with Crippen LogP contribution in [-0.2, 0) is 18.4 Å². The van der Waals surface area contributed by atoms with Crippen LogP contribution in [0.1, 0.15) is 22.4 Å². The maximum absolute atomic E-state index is 14.5. The molecule has 0 atom stereocenters. The molecule has 3 aromatic rings. The first kappa shape index (κ1) is 25.3. The van der Waals surface area contributed by atoms with Crippen LogP contribution in [0, 0.1) is 6.92 Å². The van der Waals surface area contributed by atoms with E-state index in [1.54, 1.807) is 0 Å². The predicted molar refractivity (Wildman–Crippen MR) is 101 cm³/mol. The molecule has 1 heterocycles. The summed E-state index contributed by atoms with van der Waals surface area (Å²) in [7, 11) is 0. The van der Waals surface area contributed by atoms with Gasteiger partial charge in [0.05, 0.1) is 17.6 Å². The molecule has 1 aromatic heterocycles. The number of aromatic nitrogens is 2. The zero-order valence-electron chi connectivity index (χ0n) is 16.8. The van der Waals surface area contributed by atoms with Crippen molar-refractivity contribution in [3.8, 4) is 0 Å². The number of nitrogens with two attached hydrogens (primary N) is 1. The number of halogens is 10. The molecule has 3 rings (SSSR count). The number of nitrogens with zero attached hydrogens (tertiary/aromatic N) is 2. The van der Waals surface area contributed by atoms with Gasteiger partial charge < -0.3 is 10.3 Å².